The Morgan fingerprint density at radius 1 is 1.20 bits per heavy atom. The zero-order chi connectivity index (χ0) is 14.1. The number of piperidine rings is 1. The summed E-state index contributed by atoms with van der Waals surface area (Å²) in [5.41, 5.74) is 0.200. The highest BCUT2D eigenvalue weighted by atomic mass is 79.9. The van der Waals surface area contributed by atoms with Crippen molar-refractivity contribution in [2.24, 2.45) is 5.92 Å². The summed E-state index contributed by atoms with van der Waals surface area (Å²) in [7, 11) is 0. The molecule has 2 fully saturated rings. The van der Waals surface area contributed by atoms with Crippen molar-refractivity contribution in [3.05, 3.63) is 34.1 Å². The molecule has 1 aromatic rings. The zero-order valence-corrected chi connectivity index (χ0v) is 13.0. The predicted octanol–water partition coefficient (Wildman–Crippen LogP) is 4.38. The van der Waals surface area contributed by atoms with Crippen LogP contribution in [0.5, 0.6) is 0 Å². The third-order valence-electron chi connectivity index (χ3n) is 4.69. The van der Waals surface area contributed by atoms with Crippen molar-refractivity contribution in [3.63, 3.8) is 0 Å². The van der Waals surface area contributed by atoms with Gasteiger partial charge >= 0.3 is 0 Å². The number of benzene rings is 1. The van der Waals surface area contributed by atoms with E-state index in [0.29, 0.717) is 16.4 Å². The maximum Gasteiger partial charge on any atom is 0.257 e. The van der Waals surface area contributed by atoms with Gasteiger partial charge in [0.1, 0.15) is 5.82 Å². The van der Waals surface area contributed by atoms with Crippen LogP contribution < -0.4 is 0 Å². The molecule has 4 heteroatoms. The Labute approximate surface area is 127 Å². The Hall–Kier alpha value is -0.900. The minimum atomic E-state index is -0.435. The number of carbonyl (C=O) groups excluding carboxylic acids is 1. The van der Waals surface area contributed by atoms with Crippen LogP contribution in [0.25, 0.3) is 0 Å². The number of fused-ring (bicyclic) bond motifs is 1. The summed E-state index contributed by atoms with van der Waals surface area (Å²) in [6, 6.07) is 5.27. The molecular formula is C16H19BrFNO. The van der Waals surface area contributed by atoms with E-state index in [1.807, 2.05) is 4.90 Å². The summed E-state index contributed by atoms with van der Waals surface area (Å²) in [5.74, 6) is 0.0486. The van der Waals surface area contributed by atoms with Crippen LogP contribution in [0.2, 0.25) is 0 Å². The highest BCUT2D eigenvalue weighted by Crippen LogP contribution is 2.36. The van der Waals surface area contributed by atoms with E-state index in [-0.39, 0.29) is 11.5 Å². The highest BCUT2D eigenvalue weighted by molar-refractivity contribution is 9.10. The second-order valence-electron chi connectivity index (χ2n) is 5.85. The van der Waals surface area contributed by atoms with Gasteiger partial charge in [-0.1, -0.05) is 18.9 Å². The number of amides is 1. The molecule has 0 N–H and O–H groups in total. The highest BCUT2D eigenvalue weighted by Gasteiger charge is 2.36. The van der Waals surface area contributed by atoms with Crippen LogP contribution in [0.4, 0.5) is 4.39 Å². The summed E-state index contributed by atoms with van der Waals surface area (Å²) >= 11 is 3.16. The van der Waals surface area contributed by atoms with E-state index in [1.165, 1.54) is 25.7 Å². The molecule has 1 saturated carbocycles. The molecule has 0 radical (unpaired) electrons. The zero-order valence-electron chi connectivity index (χ0n) is 11.4. The van der Waals surface area contributed by atoms with Crippen molar-refractivity contribution in [3.8, 4) is 0 Å². The van der Waals surface area contributed by atoms with E-state index in [1.54, 1.807) is 18.2 Å². The van der Waals surface area contributed by atoms with Crippen LogP contribution in [0, 0.1) is 11.7 Å². The summed E-state index contributed by atoms with van der Waals surface area (Å²) in [6.45, 7) is 0.770. The molecular weight excluding hydrogens is 321 g/mol. The standard InChI is InChI=1S/C16H19BrFNO/c17-13-8-3-7-12(15(13)18)16(20)19-10-4-6-11-5-1-2-9-14(11)19/h3,7-8,11,14H,1-2,4-6,9-10H2. The topological polar surface area (TPSA) is 20.3 Å². The lowest BCUT2D eigenvalue weighted by Gasteiger charge is -2.44. The summed E-state index contributed by atoms with van der Waals surface area (Å²) < 4.78 is 14.5. The average Bonchev–Trinajstić information content (AvgIpc) is 2.49. The molecule has 2 atom stereocenters. The SMILES string of the molecule is O=C(c1cccc(Br)c1F)N1CCCC2CCCCC21. The van der Waals surface area contributed by atoms with E-state index in [9.17, 15) is 9.18 Å². The van der Waals surface area contributed by atoms with Gasteiger partial charge in [-0.05, 0) is 59.7 Å². The van der Waals surface area contributed by atoms with Gasteiger partial charge < -0.3 is 4.90 Å². The number of nitrogens with zero attached hydrogens (tertiary/aromatic N) is 1. The van der Waals surface area contributed by atoms with Gasteiger partial charge in [0.05, 0.1) is 10.0 Å². The molecule has 108 valence electrons. The lowest BCUT2D eigenvalue weighted by Crippen LogP contribution is -2.49. The monoisotopic (exact) mass is 339 g/mol. The van der Waals surface area contributed by atoms with Gasteiger partial charge in [-0.2, -0.15) is 0 Å². The second-order valence-corrected chi connectivity index (χ2v) is 6.71. The Morgan fingerprint density at radius 3 is 2.80 bits per heavy atom. The molecule has 1 aliphatic heterocycles. The Morgan fingerprint density at radius 2 is 1.95 bits per heavy atom. The average molecular weight is 340 g/mol. The number of likely N-dealkylation sites (tertiary alicyclic amines) is 1. The van der Waals surface area contributed by atoms with Crippen molar-refractivity contribution in [1.82, 2.24) is 4.90 Å². The summed E-state index contributed by atoms with van der Waals surface area (Å²) in [4.78, 5) is 14.6. The third-order valence-corrected chi connectivity index (χ3v) is 5.30. The molecule has 20 heavy (non-hydrogen) atoms. The first-order valence-corrected chi connectivity index (χ1v) is 8.23. The smallest absolute Gasteiger partial charge is 0.257 e. The summed E-state index contributed by atoms with van der Waals surface area (Å²) in [5, 5.41) is 0. The maximum atomic E-state index is 14.1. The first kappa shape index (κ1) is 14.1. The number of hydrogen-bond acceptors (Lipinski definition) is 1. The van der Waals surface area contributed by atoms with Gasteiger partial charge in [0, 0.05) is 12.6 Å². The Kier molecular flexibility index (Phi) is 4.11. The first-order chi connectivity index (χ1) is 9.68. The molecule has 1 heterocycles. The number of hydrogen-bond donors (Lipinski definition) is 0. The lowest BCUT2D eigenvalue weighted by atomic mass is 9.78. The lowest BCUT2D eigenvalue weighted by molar-refractivity contribution is 0.0386. The summed E-state index contributed by atoms with van der Waals surface area (Å²) in [6.07, 6.45) is 7.01. The van der Waals surface area contributed by atoms with Gasteiger partial charge in [-0.25, -0.2) is 4.39 Å². The van der Waals surface area contributed by atoms with E-state index in [4.69, 9.17) is 0 Å². The molecule has 1 saturated heterocycles. The van der Waals surface area contributed by atoms with Gasteiger partial charge in [0.15, 0.2) is 0 Å². The Balaban J connectivity index is 1.87. The van der Waals surface area contributed by atoms with Crippen molar-refractivity contribution in [1.29, 1.82) is 0 Å². The van der Waals surface area contributed by atoms with Crippen LogP contribution in [0.3, 0.4) is 0 Å². The molecule has 2 aliphatic rings. The first-order valence-electron chi connectivity index (χ1n) is 7.43. The molecule has 0 spiro atoms. The molecule has 1 aromatic carbocycles. The van der Waals surface area contributed by atoms with Crippen LogP contribution in [-0.2, 0) is 0 Å². The van der Waals surface area contributed by atoms with Gasteiger partial charge in [-0.3, -0.25) is 4.79 Å². The molecule has 2 unspecified atom stereocenters. The van der Waals surface area contributed by atoms with Crippen molar-refractivity contribution in [2.75, 3.05) is 6.54 Å². The fourth-order valence-corrected chi connectivity index (χ4v) is 4.07. The van der Waals surface area contributed by atoms with E-state index in [0.717, 1.165) is 19.4 Å². The molecule has 3 rings (SSSR count). The van der Waals surface area contributed by atoms with E-state index >= 15 is 0 Å². The Bertz CT molecular complexity index is 517. The second kappa shape index (κ2) is 5.84. The van der Waals surface area contributed by atoms with Gasteiger partial charge in [0.25, 0.3) is 5.91 Å². The van der Waals surface area contributed by atoms with Gasteiger partial charge in [-0.15, -0.1) is 0 Å². The van der Waals surface area contributed by atoms with Crippen LogP contribution in [-0.4, -0.2) is 23.4 Å². The third kappa shape index (κ3) is 2.50. The number of carbonyl (C=O) groups is 1. The molecule has 0 aromatic heterocycles. The van der Waals surface area contributed by atoms with Crippen LogP contribution in [0.1, 0.15) is 48.9 Å². The minimum absolute atomic E-state index is 0.139. The molecule has 2 nitrogen and oxygen atoms in total. The quantitative estimate of drug-likeness (QED) is 0.743. The van der Waals surface area contributed by atoms with E-state index < -0.39 is 5.82 Å². The predicted molar refractivity (Wildman–Crippen MR) is 80.1 cm³/mol. The molecule has 1 amide bonds. The number of rotatable bonds is 1. The minimum Gasteiger partial charge on any atom is -0.335 e. The largest absolute Gasteiger partial charge is 0.335 e. The fraction of sp³-hybridized carbons (Fsp3) is 0.562. The van der Waals surface area contributed by atoms with Crippen LogP contribution in [0.15, 0.2) is 22.7 Å². The molecule has 0 bridgehead atoms. The van der Waals surface area contributed by atoms with Crippen molar-refractivity contribution >= 4 is 21.8 Å². The van der Waals surface area contributed by atoms with Crippen molar-refractivity contribution < 1.29 is 9.18 Å². The fourth-order valence-electron chi connectivity index (χ4n) is 3.70. The van der Waals surface area contributed by atoms with Gasteiger partial charge in [0.2, 0.25) is 0 Å². The van der Waals surface area contributed by atoms with Crippen molar-refractivity contribution in [2.45, 2.75) is 44.6 Å². The normalized spacial score (nSPS) is 26.2. The molecule has 1 aliphatic carbocycles. The van der Waals surface area contributed by atoms with E-state index in [2.05, 4.69) is 15.9 Å². The number of halogens is 2. The maximum absolute atomic E-state index is 14.1. The van der Waals surface area contributed by atoms with Crippen LogP contribution >= 0.6 is 15.9 Å².